The van der Waals surface area contributed by atoms with E-state index < -0.39 is 45.8 Å². The van der Waals surface area contributed by atoms with E-state index in [2.05, 4.69) is 21.2 Å². The lowest BCUT2D eigenvalue weighted by atomic mass is 9.92. The van der Waals surface area contributed by atoms with Crippen LogP contribution in [0.3, 0.4) is 0 Å². The number of nitrogens with zero attached hydrogens (tertiary/aromatic N) is 2. The van der Waals surface area contributed by atoms with Crippen molar-refractivity contribution in [3.63, 3.8) is 0 Å². The Bertz CT molecular complexity index is 935. The molecule has 1 N–H and O–H groups in total. The Balaban J connectivity index is 1.79. The van der Waals surface area contributed by atoms with Crippen LogP contribution in [0.15, 0.2) is 28.7 Å². The van der Waals surface area contributed by atoms with Crippen molar-refractivity contribution in [2.45, 2.75) is 31.8 Å². The largest absolute Gasteiger partial charge is 0.337 e. The van der Waals surface area contributed by atoms with Crippen LogP contribution in [-0.4, -0.2) is 66.7 Å². The van der Waals surface area contributed by atoms with Crippen LogP contribution in [0.5, 0.6) is 0 Å². The Morgan fingerprint density at radius 2 is 2.04 bits per heavy atom. The van der Waals surface area contributed by atoms with Gasteiger partial charge in [0.1, 0.15) is 12.1 Å². The maximum Gasteiger partial charge on any atom is 0.325 e. The van der Waals surface area contributed by atoms with Crippen LogP contribution in [0, 0.1) is 0 Å². The smallest absolute Gasteiger partial charge is 0.325 e. The van der Waals surface area contributed by atoms with Crippen molar-refractivity contribution in [3.05, 3.63) is 34.3 Å². The molecule has 8 nitrogen and oxygen atoms in total. The summed E-state index contributed by atoms with van der Waals surface area (Å²) in [7, 11) is -3.15. The molecule has 0 aromatic heterocycles. The third-order valence-corrected chi connectivity index (χ3v) is 7.73. The Morgan fingerprint density at radius 3 is 2.61 bits per heavy atom. The van der Waals surface area contributed by atoms with Crippen LogP contribution >= 0.6 is 15.9 Å². The third kappa shape index (κ3) is 3.67. The van der Waals surface area contributed by atoms with E-state index in [1.54, 1.807) is 38.1 Å². The van der Waals surface area contributed by atoms with Crippen molar-refractivity contribution in [2.75, 3.05) is 24.6 Å². The number of urea groups is 1. The first-order chi connectivity index (χ1) is 13.1. The molecule has 0 aliphatic carbocycles. The van der Waals surface area contributed by atoms with E-state index in [0.29, 0.717) is 23.0 Å². The van der Waals surface area contributed by atoms with Gasteiger partial charge in [-0.3, -0.25) is 14.5 Å². The van der Waals surface area contributed by atoms with Crippen molar-refractivity contribution < 1.29 is 22.8 Å². The first-order valence-electron chi connectivity index (χ1n) is 8.98. The zero-order chi connectivity index (χ0) is 20.7. The standard InChI is InChI=1S/C18H22BrN3O5S/c1-3-21(12-8-9-28(26,27)11-12)15(23)10-22-16(24)18(2,20-17(22)25)13-6-4-5-7-14(13)19/h4-7,12H,3,8-11H2,1-2H3,(H,20,25)/t12-,18+/m0/s1. The van der Waals surface area contributed by atoms with Crippen molar-refractivity contribution in [2.24, 2.45) is 0 Å². The Labute approximate surface area is 172 Å². The number of halogens is 1. The first kappa shape index (κ1) is 20.8. The van der Waals surface area contributed by atoms with Gasteiger partial charge in [-0.25, -0.2) is 13.2 Å². The lowest BCUT2D eigenvalue weighted by Gasteiger charge is -2.28. The van der Waals surface area contributed by atoms with Gasteiger partial charge >= 0.3 is 6.03 Å². The lowest BCUT2D eigenvalue weighted by molar-refractivity contribution is -0.139. The fourth-order valence-electron chi connectivity index (χ4n) is 3.78. The monoisotopic (exact) mass is 471 g/mol. The van der Waals surface area contributed by atoms with Crippen LogP contribution in [-0.2, 0) is 25.0 Å². The topological polar surface area (TPSA) is 104 Å². The SMILES string of the molecule is CCN(C(=O)CN1C(=O)N[C@](C)(c2ccccc2Br)C1=O)[C@H]1CCS(=O)(=O)C1. The van der Waals surface area contributed by atoms with Gasteiger partial charge in [-0.2, -0.15) is 0 Å². The summed E-state index contributed by atoms with van der Waals surface area (Å²) < 4.78 is 24.1. The molecule has 4 amide bonds. The molecule has 10 heteroatoms. The predicted molar refractivity (Wildman–Crippen MR) is 106 cm³/mol. The molecular formula is C18H22BrN3O5S. The summed E-state index contributed by atoms with van der Waals surface area (Å²) in [6.07, 6.45) is 0.372. The second-order valence-electron chi connectivity index (χ2n) is 7.16. The molecule has 2 aliphatic rings. The lowest BCUT2D eigenvalue weighted by Crippen LogP contribution is -2.48. The number of nitrogens with one attached hydrogen (secondary N) is 1. The van der Waals surface area contributed by atoms with E-state index in [1.807, 2.05) is 0 Å². The highest BCUT2D eigenvalue weighted by Gasteiger charge is 2.50. The summed E-state index contributed by atoms with van der Waals surface area (Å²) in [6, 6.07) is 6.00. The highest BCUT2D eigenvalue weighted by atomic mass is 79.9. The van der Waals surface area contributed by atoms with Gasteiger partial charge in [-0.1, -0.05) is 34.1 Å². The van der Waals surface area contributed by atoms with E-state index in [9.17, 15) is 22.8 Å². The number of carbonyl (C=O) groups is 3. The van der Waals surface area contributed by atoms with Crippen molar-refractivity contribution in [3.8, 4) is 0 Å². The van der Waals surface area contributed by atoms with Crippen LogP contribution < -0.4 is 5.32 Å². The van der Waals surface area contributed by atoms with E-state index in [1.165, 1.54) is 4.90 Å². The second-order valence-corrected chi connectivity index (χ2v) is 10.2. The van der Waals surface area contributed by atoms with Crippen LogP contribution in [0.25, 0.3) is 0 Å². The summed E-state index contributed by atoms with van der Waals surface area (Å²) in [4.78, 5) is 40.6. The summed E-state index contributed by atoms with van der Waals surface area (Å²) in [5.41, 5.74) is -0.692. The molecule has 1 aromatic rings. The summed E-state index contributed by atoms with van der Waals surface area (Å²) in [5.74, 6) is -0.996. The molecule has 0 unspecified atom stereocenters. The van der Waals surface area contributed by atoms with Crippen molar-refractivity contribution in [1.82, 2.24) is 15.1 Å². The van der Waals surface area contributed by atoms with E-state index >= 15 is 0 Å². The Kier molecular flexibility index (Phi) is 5.55. The molecule has 0 radical (unpaired) electrons. The van der Waals surface area contributed by atoms with Crippen LogP contribution in [0.4, 0.5) is 4.79 Å². The number of benzene rings is 1. The predicted octanol–water partition coefficient (Wildman–Crippen LogP) is 1.25. The normalized spacial score (nSPS) is 26.4. The first-order valence-corrected chi connectivity index (χ1v) is 11.6. The van der Waals surface area contributed by atoms with Gasteiger partial charge in [-0.05, 0) is 26.3 Å². The molecule has 3 rings (SSSR count). The molecule has 1 aromatic carbocycles. The number of hydrogen-bond donors (Lipinski definition) is 1. The summed E-state index contributed by atoms with van der Waals surface area (Å²) >= 11 is 3.40. The summed E-state index contributed by atoms with van der Waals surface area (Å²) in [5, 5.41) is 2.67. The molecule has 28 heavy (non-hydrogen) atoms. The van der Waals surface area contributed by atoms with E-state index in [0.717, 1.165) is 4.90 Å². The number of amides is 4. The van der Waals surface area contributed by atoms with Gasteiger partial charge in [0, 0.05) is 22.6 Å². The maximum atomic E-state index is 13.0. The van der Waals surface area contributed by atoms with Gasteiger partial charge < -0.3 is 10.2 Å². The molecule has 2 saturated heterocycles. The minimum Gasteiger partial charge on any atom is -0.337 e. The van der Waals surface area contributed by atoms with Gasteiger partial charge in [-0.15, -0.1) is 0 Å². The minimum atomic E-state index is -3.15. The van der Waals surface area contributed by atoms with Gasteiger partial charge in [0.2, 0.25) is 5.91 Å². The Morgan fingerprint density at radius 1 is 1.36 bits per heavy atom. The fraction of sp³-hybridized carbons (Fsp3) is 0.500. The van der Waals surface area contributed by atoms with Crippen LogP contribution in [0.1, 0.15) is 25.8 Å². The van der Waals surface area contributed by atoms with Crippen LogP contribution in [0.2, 0.25) is 0 Å². The molecule has 2 aliphatic heterocycles. The fourth-order valence-corrected chi connectivity index (χ4v) is 6.19. The number of carbonyl (C=O) groups excluding carboxylic acids is 3. The number of rotatable bonds is 5. The molecule has 2 atom stereocenters. The van der Waals surface area contributed by atoms with Gasteiger partial charge in [0.25, 0.3) is 5.91 Å². The van der Waals surface area contributed by atoms with E-state index in [-0.39, 0.29) is 11.5 Å². The molecular weight excluding hydrogens is 450 g/mol. The molecule has 152 valence electrons. The number of sulfone groups is 1. The van der Waals surface area contributed by atoms with Crippen molar-refractivity contribution in [1.29, 1.82) is 0 Å². The highest BCUT2D eigenvalue weighted by Crippen LogP contribution is 2.33. The quantitative estimate of drug-likeness (QED) is 0.650. The van der Waals surface area contributed by atoms with Gasteiger partial charge in [0.15, 0.2) is 9.84 Å². The summed E-state index contributed by atoms with van der Waals surface area (Å²) in [6.45, 7) is 3.23. The number of likely N-dealkylation sites (N-methyl/N-ethyl adjacent to an activating group) is 1. The van der Waals surface area contributed by atoms with E-state index in [4.69, 9.17) is 0 Å². The molecule has 2 heterocycles. The third-order valence-electron chi connectivity index (χ3n) is 5.29. The molecule has 2 fully saturated rings. The second kappa shape index (κ2) is 7.47. The number of imide groups is 1. The average Bonchev–Trinajstić information content (AvgIpc) is 3.08. The van der Waals surface area contributed by atoms with Crippen molar-refractivity contribution >= 4 is 43.6 Å². The zero-order valence-corrected chi connectivity index (χ0v) is 18.0. The molecule has 0 spiro atoms. The maximum absolute atomic E-state index is 13.0. The number of hydrogen-bond acceptors (Lipinski definition) is 5. The van der Waals surface area contributed by atoms with Gasteiger partial charge in [0.05, 0.1) is 11.5 Å². The molecule has 0 bridgehead atoms. The zero-order valence-electron chi connectivity index (χ0n) is 15.6. The highest BCUT2D eigenvalue weighted by molar-refractivity contribution is 9.10. The molecule has 0 saturated carbocycles. The minimum absolute atomic E-state index is 0.0463. The average molecular weight is 472 g/mol. The Hall–Kier alpha value is -1.94.